The van der Waals surface area contributed by atoms with Crippen molar-refractivity contribution >= 4 is 18.3 Å². The molecule has 0 aliphatic carbocycles. The second kappa shape index (κ2) is 8.13. The van der Waals surface area contributed by atoms with Crippen LogP contribution in [0, 0.1) is 5.92 Å². The Morgan fingerprint density at radius 3 is 2.65 bits per heavy atom. The van der Waals surface area contributed by atoms with Crippen molar-refractivity contribution in [2.75, 3.05) is 33.2 Å². The average Bonchev–Trinajstić information content (AvgIpc) is 2.55. The van der Waals surface area contributed by atoms with Gasteiger partial charge < -0.3 is 15.1 Å². The number of halogens is 1. The van der Waals surface area contributed by atoms with E-state index in [9.17, 15) is 4.79 Å². The summed E-state index contributed by atoms with van der Waals surface area (Å²) in [7, 11) is 2.14. The van der Waals surface area contributed by atoms with E-state index in [4.69, 9.17) is 0 Å². The summed E-state index contributed by atoms with van der Waals surface area (Å²) in [4.78, 5) is 17.5. The van der Waals surface area contributed by atoms with Crippen LogP contribution in [-0.2, 0) is 4.79 Å². The molecule has 23 heavy (non-hydrogen) atoms. The highest BCUT2D eigenvalue weighted by Gasteiger charge is 2.35. The fourth-order valence-corrected chi connectivity index (χ4v) is 3.73. The fourth-order valence-electron chi connectivity index (χ4n) is 3.73. The molecule has 3 rings (SSSR count). The minimum atomic E-state index is 0. The first-order valence-corrected chi connectivity index (χ1v) is 8.42. The van der Waals surface area contributed by atoms with Gasteiger partial charge >= 0.3 is 0 Å². The molecule has 3 atom stereocenters. The van der Waals surface area contributed by atoms with Crippen LogP contribution in [-0.4, -0.2) is 55.0 Å². The Morgan fingerprint density at radius 1 is 1.22 bits per heavy atom. The van der Waals surface area contributed by atoms with Crippen molar-refractivity contribution in [3.05, 3.63) is 35.9 Å². The van der Waals surface area contributed by atoms with Crippen molar-refractivity contribution in [3.8, 4) is 0 Å². The summed E-state index contributed by atoms with van der Waals surface area (Å²) in [6.45, 7) is 5.87. The molecule has 1 N–H and O–H groups in total. The van der Waals surface area contributed by atoms with Gasteiger partial charge in [0, 0.05) is 31.6 Å². The highest BCUT2D eigenvalue weighted by molar-refractivity contribution is 5.85. The van der Waals surface area contributed by atoms with Crippen molar-refractivity contribution in [1.82, 2.24) is 15.1 Å². The molecule has 2 fully saturated rings. The van der Waals surface area contributed by atoms with E-state index in [0.717, 1.165) is 39.0 Å². The number of hydrogen-bond acceptors (Lipinski definition) is 3. The Hall–Kier alpha value is -1.10. The standard InChI is InChI=1S/C18H27N3O.ClH/c1-14-12-16(8-9-19-14)18(22)21-11-10-20(2)13-17(21)15-6-4-3-5-7-15;/h3-7,14,16-17,19H,8-13H2,1-2H3;1H/t14-,16-,17?;/m0./s1. The van der Waals surface area contributed by atoms with Crippen molar-refractivity contribution in [3.63, 3.8) is 0 Å². The molecule has 0 radical (unpaired) electrons. The Morgan fingerprint density at radius 2 is 1.96 bits per heavy atom. The summed E-state index contributed by atoms with van der Waals surface area (Å²) in [5, 5.41) is 3.44. The molecule has 1 amide bonds. The third kappa shape index (κ3) is 4.25. The topological polar surface area (TPSA) is 35.6 Å². The molecule has 2 aliphatic rings. The molecule has 0 aromatic heterocycles. The zero-order chi connectivity index (χ0) is 15.5. The average molecular weight is 338 g/mol. The van der Waals surface area contributed by atoms with Gasteiger partial charge in [-0.3, -0.25) is 4.79 Å². The summed E-state index contributed by atoms with van der Waals surface area (Å²) < 4.78 is 0. The molecule has 0 bridgehead atoms. The van der Waals surface area contributed by atoms with Gasteiger partial charge in [-0.2, -0.15) is 0 Å². The number of likely N-dealkylation sites (N-methyl/N-ethyl adjacent to an activating group) is 1. The van der Waals surface area contributed by atoms with Crippen molar-refractivity contribution in [2.24, 2.45) is 5.92 Å². The minimum absolute atomic E-state index is 0. The largest absolute Gasteiger partial charge is 0.333 e. The van der Waals surface area contributed by atoms with Crippen LogP contribution >= 0.6 is 12.4 Å². The van der Waals surface area contributed by atoms with Gasteiger partial charge in [0.2, 0.25) is 5.91 Å². The summed E-state index contributed by atoms with van der Waals surface area (Å²) in [5.74, 6) is 0.543. The molecule has 2 heterocycles. The summed E-state index contributed by atoms with van der Waals surface area (Å²) in [5.41, 5.74) is 1.25. The molecule has 2 saturated heterocycles. The number of hydrogen-bond donors (Lipinski definition) is 1. The minimum Gasteiger partial charge on any atom is -0.333 e. The van der Waals surface area contributed by atoms with Crippen LogP contribution in [0.3, 0.4) is 0 Å². The van der Waals surface area contributed by atoms with Gasteiger partial charge in [-0.25, -0.2) is 0 Å². The number of piperidine rings is 1. The zero-order valence-electron chi connectivity index (χ0n) is 14.1. The van der Waals surface area contributed by atoms with E-state index in [2.05, 4.69) is 53.4 Å². The lowest BCUT2D eigenvalue weighted by molar-refractivity contribution is -0.141. The van der Waals surface area contributed by atoms with Gasteiger partial charge in [-0.1, -0.05) is 30.3 Å². The Bertz CT molecular complexity index is 510. The van der Waals surface area contributed by atoms with Crippen molar-refractivity contribution < 1.29 is 4.79 Å². The molecule has 4 nitrogen and oxygen atoms in total. The quantitative estimate of drug-likeness (QED) is 0.899. The lowest BCUT2D eigenvalue weighted by Gasteiger charge is -2.42. The normalized spacial score (nSPS) is 29.0. The number of carbonyl (C=O) groups is 1. The van der Waals surface area contributed by atoms with Crippen LogP contribution in [0.1, 0.15) is 31.4 Å². The Balaban J connectivity index is 0.00000192. The molecule has 2 aliphatic heterocycles. The number of benzene rings is 1. The highest BCUT2D eigenvalue weighted by Crippen LogP contribution is 2.29. The van der Waals surface area contributed by atoms with E-state index in [0.29, 0.717) is 11.9 Å². The smallest absolute Gasteiger partial charge is 0.226 e. The van der Waals surface area contributed by atoms with Gasteiger partial charge in [0.05, 0.1) is 6.04 Å². The zero-order valence-corrected chi connectivity index (χ0v) is 14.9. The molecular weight excluding hydrogens is 310 g/mol. The van der Waals surface area contributed by atoms with Gasteiger partial charge in [0.25, 0.3) is 0 Å². The fraction of sp³-hybridized carbons (Fsp3) is 0.611. The number of nitrogens with one attached hydrogen (secondary N) is 1. The van der Waals surface area contributed by atoms with E-state index in [1.54, 1.807) is 0 Å². The summed E-state index contributed by atoms with van der Waals surface area (Å²) in [6, 6.07) is 11.1. The maximum absolute atomic E-state index is 13.1. The number of piperazine rings is 1. The van der Waals surface area contributed by atoms with Crippen molar-refractivity contribution in [1.29, 1.82) is 0 Å². The van der Waals surface area contributed by atoms with E-state index in [-0.39, 0.29) is 24.4 Å². The first-order chi connectivity index (χ1) is 10.6. The molecule has 1 unspecified atom stereocenters. The Labute approximate surface area is 145 Å². The van der Waals surface area contributed by atoms with E-state index < -0.39 is 0 Å². The second-order valence-corrected chi connectivity index (χ2v) is 6.80. The van der Waals surface area contributed by atoms with E-state index in [1.807, 2.05) is 6.07 Å². The molecule has 1 aromatic carbocycles. The number of rotatable bonds is 2. The van der Waals surface area contributed by atoms with Crippen LogP contribution in [0.5, 0.6) is 0 Å². The van der Waals surface area contributed by atoms with Crippen LogP contribution in [0.15, 0.2) is 30.3 Å². The van der Waals surface area contributed by atoms with Gasteiger partial charge in [-0.15, -0.1) is 12.4 Å². The number of nitrogens with zero attached hydrogens (tertiary/aromatic N) is 2. The third-order valence-corrected chi connectivity index (χ3v) is 5.02. The van der Waals surface area contributed by atoms with Gasteiger partial charge in [-0.05, 0) is 38.9 Å². The third-order valence-electron chi connectivity index (χ3n) is 5.02. The summed E-state index contributed by atoms with van der Waals surface area (Å²) >= 11 is 0. The Kier molecular flexibility index (Phi) is 6.45. The maximum atomic E-state index is 13.1. The molecule has 5 heteroatoms. The van der Waals surface area contributed by atoms with Crippen molar-refractivity contribution in [2.45, 2.75) is 31.8 Å². The molecule has 0 spiro atoms. The van der Waals surface area contributed by atoms with Crippen LogP contribution in [0.4, 0.5) is 0 Å². The predicted octanol–water partition coefficient (Wildman–Crippen LogP) is 2.31. The monoisotopic (exact) mass is 337 g/mol. The number of amides is 1. The number of carbonyl (C=O) groups excluding carboxylic acids is 1. The first-order valence-electron chi connectivity index (χ1n) is 8.42. The lowest BCUT2D eigenvalue weighted by atomic mass is 9.90. The SMILES string of the molecule is C[C@H]1C[C@@H](C(=O)N2CCN(C)CC2c2ccccc2)CCN1.Cl. The highest BCUT2D eigenvalue weighted by atomic mass is 35.5. The van der Waals surface area contributed by atoms with Crippen LogP contribution < -0.4 is 5.32 Å². The van der Waals surface area contributed by atoms with Crippen LogP contribution in [0.25, 0.3) is 0 Å². The first kappa shape index (κ1) is 18.2. The molecule has 1 aromatic rings. The molecule has 128 valence electrons. The van der Waals surface area contributed by atoms with Gasteiger partial charge in [0.1, 0.15) is 0 Å². The molecular formula is C18H28ClN3O. The maximum Gasteiger partial charge on any atom is 0.226 e. The van der Waals surface area contributed by atoms with E-state index >= 15 is 0 Å². The summed E-state index contributed by atoms with van der Waals surface area (Å²) in [6.07, 6.45) is 1.93. The van der Waals surface area contributed by atoms with E-state index in [1.165, 1.54) is 5.56 Å². The second-order valence-electron chi connectivity index (χ2n) is 6.80. The van der Waals surface area contributed by atoms with Gasteiger partial charge in [0.15, 0.2) is 0 Å². The van der Waals surface area contributed by atoms with Crippen LogP contribution in [0.2, 0.25) is 0 Å². The molecule has 0 saturated carbocycles. The lowest BCUT2D eigenvalue weighted by Crippen LogP contribution is -2.52. The predicted molar refractivity (Wildman–Crippen MR) is 95.8 cm³/mol.